The van der Waals surface area contributed by atoms with Crippen molar-refractivity contribution < 1.29 is 9.90 Å². The number of aromatic amines is 1. The summed E-state index contributed by atoms with van der Waals surface area (Å²) in [6.07, 6.45) is 2.14. The Morgan fingerprint density at radius 3 is 2.64 bits per heavy atom. The second-order valence-corrected chi connectivity index (χ2v) is 6.50. The van der Waals surface area contributed by atoms with Gasteiger partial charge in [-0.05, 0) is 24.3 Å². The monoisotopic (exact) mass is 343 g/mol. The molecule has 0 saturated heterocycles. The topological polar surface area (TPSA) is 104 Å². The van der Waals surface area contributed by atoms with Gasteiger partial charge in [-0.2, -0.15) is 0 Å². The lowest BCUT2D eigenvalue weighted by Crippen LogP contribution is -2.42. The van der Waals surface area contributed by atoms with E-state index >= 15 is 0 Å². The van der Waals surface area contributed by atoms with Crippen LogP contribution in [0.4, 0.5) is 0 Å². The molecule has 1 fully saturated rings. The van der Waals surface area contributed by atoms with Crippen LogP contribution >= 0.6 is 0 Å². The summed E-state index contributed by atoms with van der Waals surface area (Å²) in [5.41, 5.74) is 0.219. The number of hydrogen-bond acceptors (Lipinski definition) is 4. The molecule has 0 aliphatic heterocycles. The van der Waals surface area contributed by atoms with Gasteiger partial charge in [-0.3, -0.25) is 14.2 Å². The van der Waals surface area contributed by atoms with Gasteiger partial charge >= 0.3 is 5.69 Å². The minimum absolute atomic E-state index is 0.109. The first-order chi connectivity index (χ1) is 12.0. The zero-order valence-electron chi connectivity index (χ0n) is 13.9. The van der Waals surface area contributed by atoms with Gasteiger partial charge in [0.1, 0.15) is 0 Å². The van der Waals surface area contributed by atoms with Crippen molar-refractivity contribution in [1.82, 2.24) is 14.9 Å². The zero-order chi connectivity index (χ0) is 18.0. The van der Waals surface area contributed by atoms with Crippen LogP contribution in [0.25, 0.3) is 0 Å². The van der Waals surface area contributed by atoms with E-state index in [4.69, 9.17) is 0 Å². The molecule has 1 atom stereocenters. The predicted molar refractivity (Wildman–Crippen MR) is 92.1 cm³/mol. The Balaban J connectivity index is 1.76. The lowest BCUT2D eigenvalue weighted by Gasteiger charge is -2.38. The first-order valence-electron chi connectivity index (χ1n) is 8.25. The molecule has 3 N–H and O–H groups in total. The molecule has 2 aromatic rings. The van der Waals surface area contributed by atoms with Crippen molar-refractivity contribution in [2.45, 2.75) is 31.4 Å². The van der Waals surface area contributed by atoms with Gasteiger partial charge < -0.3 is 15.4 Å². The third kappa shape index (κ3) is 3.71. The van der Waals surface area contributed by atoms with E-state index in [1.54, 1.807) is 0 Å². The molecule has 0 radical (unpaired) electrons. The molecule has 0 bridgehead atoms. The lowest BCUT2D eigenvalue weighted by molar-refractivity contribution is -0.122. The van der Waals surface area contributed by atoms with Crippen molar-refractivity contribution in [3.8, 4) is 0 Å². The average Bonchev–Trinajstić information content (AvgIpc) is 2.58. The Labute approximate surface area is 144 Å². The predicted octanol–water partition coefficient (Wildman–Crippen LogP) is 0.244. The van der Waals surface area contributed by atoms with Crippen molar-refractivity contribution in [2.24, 2.45) is 13.0 Å². The Morgan fingerprint density at radius 1 is 1.32 bits per heavy atom. The summed E-state index contributed by atoms with van der Waals surface area (Å²) in [6.45, 7) is 0. The molecule has 1 aromatic carbocycles. The first-order valence-corrected chi connectivity index (χ1v) is 8.25. The number of nitrogens with zero attached hydrogens (tertiary/aromatic N) is 1. The third-order valence-electron chi connectivity index (χ3n) is 4.70. The first kappa shape index (κ1) is 17.2. The Morgan fingerprint density at radius 2 is 2.00 bits per heavy atom. The van der Waals surface area contributed by atoms with Crippen molar-refractivity contribution in [3.63, 3.8) is 0 Å². The van der Waals surface area contributed by atoms with E-state index in [2.05, 4.69) is 10.3 Å². The normalized spacial score (nSPS) is 20.6. The van der Waals surface area contributed by atoms with Crippen molar-refractivity contribution in [3.05, 3.63) is 68.5 Å². The molecular weight excluding hydrogens is 322 g/mol. The highest BCUT2D eigenvalue weighted by molar-refractivity contribution is 5.78. The molecule has 132 valence electrons. The molecule has 7 nitrogen and oxygen atoms in total. The van der Waals surface area contributed by atoms with Crippen LogP contribution < -0.4 is 16.6 Å². The highest BCUT2D eigenvalue weighted by Crippen LogP contribution is 2.38. The summed E-state index contributed by atoms with van der Waals surface area (Å²) < 4.78 is 0.944. The molecule has 1 aliphatic rings. The number of amides is 1. The summed E-state index contributed by atoms with van der Waals surface area (Å²) in [5, 5.41) is 12.6. The molecule has 25 heavy (non-hydrogen) atoms. The Kier molecular flexibility index (Phi) is 4.85. The molecule has 1 saturated carbocycles. The maximum atomic E-state index is 12.5. The summed E-state index contributed by atoms with van der Waals surface area (Å²) in [7, 11) is 1.37. The lowest BCUT2D eigenvalue weighted by atomic mass is 9.75. The van der Waals surface area contributed by atoms with Gasteiger partial charge in [-0.15, -0.1) is 0 Å². The molecule has 0 spiro atoms. The summed E-state index contributed by atoms with van der Waals surface area (Å²) in [5.74, 6) is -0.126. The number of aliphatic hydroxyl groups is 1. The van der Waals surface area contributed by atoms with Crippen LogP contribution in [-0.4, -0.2) is 26.7 Å². The fourth-order valence-electron chi connectivity index (χ4n) is 3.17. The van der Waals surface area contributed by atoms with Gasteiger partial charge in [0.25, 0.3) is 5.56 Å². The smallest absolute Gasteiger partial charge is 0.328 e. The van der Waals surface area contributed by atoms with E-state index in [-0.39, 0.29) is 36.0 Å². The average molecular weight is 343 g/mol. The largest absolute Gasteiger partial charge is 0.393 e. The number of benzene rings is 1. The fraction of sp³-hybridized carbons (Fsp3) is 0.389. The van der Waals surface area contributed by atoms with Crippen molar-refractivity contribution in [2.75, 3.05) is 0 Å². The van der Waals surface area contributed by atoms with E-state index in [1.807, 2.05) is 30.3 Å². The van der Waals surface area contributed by atoms with Crippen LogP contribution in [-0.2, 0) is 18.3 Å². The third-order valence-corrected chi connectivity index (χ3v) is 4.70. The van der Waals surface area contributed by atoms with E-state index in [0.29, 0.717) is 12.8 Å². The van der Waals surface area contributed by atoms with Crippen LogP contribution in [0.3, 0.4) is 0 Å². The fourth-order valence-corrected chi connectivity index (χ4v) is 3.17. The van der Waals surface area contributed by atoms with E-state index < -0.39 is 11.2 Å². The van der Waals surface area contributed by atoms with Crippen LogP contribution in [0.5, 0.6) is 0 Å². The number of hydrogen-bond donors (Lipinski definition) is 3. The highest BCUT2D eigenvalue weighted by Gasteiger charge is 2.35. The number of rotatable bonds is 5. The Bertz CT molecular complexity index is 866. The zero-order valence-corrected chi connectivity index (χ0v) is 13.9. The van der Waals surface area contributed by atoms with E-state index in [1.165, 1.54) is 13.2 Å². The highest BCUT2D eigenvalue weighted by atomic mass is 16.3. The van der Waals surface area contributed by atoms with Crippen molar-refractivity contribution in [1.29, 1.82) is 0 Å². The van der Waals surface area contributed by atoms with Crippen LogP contribution in [0.1, 0.15) is 30.0 Å². The molecule has 1 aromatic heterocycles. The van der Waals surface area contributed by atoms with Crippen molar-refractivity contribution >= 4 is 5.91 Å². The second-order valence-electron chi connectivity index (χ2n) is 6.50. The molecule has 0 unspecified atom stereocenters. The summed E-state index contributed by atoms with van der Waals surface area (Å²) in [4.78, 5) is 38.3. The standard InChI is InChI=1S/C18H21N3O4/c1-21-17(24)13(10-19-18(21)25)9-15(23)20-16(12-7-14(22)8-12)11-5-3-2-4-6-11/h2-6,10,12,14,16,22H,7-9H2,1H3,(H,19,25)(H,20,23)/t12?,14?,16-/m0/s1. The number of carbonyl (C=O) groups is 1. The van der Waals surface area contributed by atoms with E-state index in [0.717, 1.165) is 10.1 Å². The SMILES string of the molecule is Cn1c(=O)[nH]cc(CC(=O)N[C@@H](c2ccccc2)C2CC(O)C2)c1=O. The number of carbonyl (C=O) groups excluding carboxylic acids is 1. The van der Waals surface area contributed by atoms with Gasteiger partial charge in [-0.1, -0.05) is 30.3 Å². The minimum atomic E-state index is -0.514. The summed E-state index contributed by atoms with van der Waals surface area (Å²) in [6, 6.07) is 9.39. The van der Waals surface area contributed by atoms with Gasteiger partial charge in [0.05, 0.1) is 18.6 Å². The number of aliphatic hydroxyl groups excluding tert-OH is 1. The summed E-state index contributed by atoms with van der Waals surface area (Å²) >= 11 is 0. The molecule has 7 heteroatoms. The maximum Gasteiger partial charge on any atom is 0.328 e. The van der Waals surface area contributed by atoms with Crippen LogP contribution in [0.2, 0.25) is 0 Å². The molecule has 1 aliphatic carbocycles. The second kappa shape index (κ2) is 7.06. The number of nitrogens with one attached hydrogen (secondary N) is 2. The van der Waals surface area contributed by atoms with Crippen LogP contribution in [0, 0.1) is 5.92 Å². The van der Waals surface area contributed by atoms with Gasteiger partial charge in [0, 0.05) is 18.8 Å². The Hall–Kier alpha value is -2.67. The number of aromatic nitrogens is 2. The van der Waals surface area contributed by atoms with Gasteiger partial charge in [0.2, 0.25) is 5.91 Å². The molecule has 1 amide bonds. The quantitative estimate of drug-likeness (QED) is 0.723. The maximum absolute atomic E-state index is 12.5. The molecular formula is C18H21N3O4. The molecule has 3 rings (SSSR count). The van der Waals surface area contributed by atoms with Gasteiger partial charge in [0.15, 0.2) is 0 Å². The minimum Gasteiger partial charge on any atom is -0.393 e. The van der Waals surface area contributed by atoms with E-state index in [9.17, 15) is 19.5 Å². The number of H-pyrrole nitrogens is 1. The van der Waals surface area contributed by atoms with Gasteiger partial charge in [-0.25, -0.2) is 4.79 Å². The van der Waals surface area contributed by atoms with Crippen LogP contribution in [0.15, 0.2) is 46.1 Å². The molecule has 1 heterocycles.